The second-order valence-electron chi connectivity index (χ2n) is 6.08. The Morgan fingerprint density at radius 2 is 0.680 bits per heavy atom. The molecule has 0 N–H and O–H groups in total. The first kappa shape index (κ1) is 17.4. The lowest BCUT2D eigenvalue weighted by atomic mass is 10.2. The Bertz CT molecular complexity index is 683. The average Bonchev–Trinajstić information content (AvgIpc) is 2.61. The van der Waals surface area contributed by atoms with Crippen molar-refractivity contribution in [3.05, 3.63) is 89.5 Å². The highest BCUT2D eigenvalue weighted by Gasteiger charge is 2.44. The van der Waals surface area contributed by atoms with E-state index < -0.39 is 15.1 Å². The fourth-order valence-corrected chi connectivity index (χ4v) is 3.54. The van der Waals surface area contributed by atoms with E-state index in [0.717, 1.165) is 17.2 Å². The van der Waals surface area contributed by atoms with Gasteiger partial charge in [0.1, 0.15) is 0 Å². The Morgan fingerprint density at radius 3 is 0.920 bits per heavy atom. The Kier molecular flexibility index (Phi) is 5.65. The maximum Gasteiger partial charge on any atom is 1.20 e. The summed E-state index contributed by atoms with van der Waals surface area (Å²) in [5.41, 5.74) is 3.55. The molecule has 0 bridgehead atoms. The van der Waals surface area contributed by atoms with E-state index in [0.29, 0.717) is 0 Å². The van der Waals surface area contributed by atoms with E-state index in [4.69, 9.17) is 11.4 Å². The molecular formula is C21H21AlO3. The molecule has 3 aromatic carbocycles. The van der Waals surface area contributed by atoms with Crippen molar-refractivity contribution in [2.45, 2.75) is 20.8 Å². The van der Waals surface area contributed by atoms with Gasteiger partial charge in [0.25, 0.3) is 0 Å². The standard InChI is InChI=1S/3C7H8O.Al/c3*1-6-2-4-7(8)5-3-6;/h3*2-5,8H,1H3;/q;;;+3/p-3. The largest absolute Gasteiger partial charge is 1.20 e. The molecule has 3 aromatic rings. The number of hydrogen-bond donors (Lipinski definition) is 0. The van der Waals surface area contributed by atoms with Crippen LogP contribution in [0.5, 0.6) is 17.2 Å². The van der Waals surface area contributed by atoms with Crippen LogP contribution >= 0.6 is 0 Å². The Morgan fingerprint density at radius 1 is 0.440 bits per heavy atom. The topological polar surface area (TPSA) is 27.7 Å². The van der Waals surface area contributed by atoms with Crippen LogP contribution in [-0.2, 0) is 0 Å². The minimum Gasteiger partial charge on any atom is -0.577 e. The molecule has 25 heavy (non-hydrogen) atoms. The Balaban J connectivity index is 1.77. The molecule has 0 amide bonds. The number of aryl methyl sites for hydroxylation is 3. The first-order chi connectivity index (χ1) is 12.1. The normalized spacial score (nSPS) is 10.2. The molecule has 0 saturated heterocycles. The highest BCUT2D eigenvalue weighted by molar-refractivity contribution is 6.39. The summed E-state index contributed by atoms with van der Waals surface area (Å²) < 4.78 is 18.1. The molecule has 0 saturated carbocycles. The third kappa shape index (κ3) is 5.29. The van der Waals surface area contributed by atoms with Gasteiger partial charge in [0, 0.05) is 0 Å². The highest BCUT2D eigenvalue weighted by Crippen LogP contribution is 2.19. The molecule has 4 heteroatoms. The van der Waals surface area contributed by atoms with E-state index >= 15 is 0 Å². The van der Waals surface area contributed by atoms with Gasteiger partial charge in [0.05, 0.1) is 17.2 Å². The second kappa shape index (κ2) is 8.11. The molecule has 0 aliphatic rings. The Labute approximate surface area is 154 Å². The van der Waals surface area contributed by atoms with E-state index in [-0.39, 0.29) is 0 Å². The predicted octanol–water partition coefficient (Wildman–Crippen LogP) is 5.13. The molecule has 3 nitrogen and oxygen atoms in total. The summed E-state index contributed by atoms with van der Waals surface area (Å²) in [5, 5.41) is 0. The van der Waals surface area contributed by atoms with Crippen molar-refractivity contribution < 1.29 is 11.4 Å². The van der Waals surface area contributed by atoms with Crippen LogP contribution in [0, 0.1) is 20.8 Å². The van der Waals surface area contributed by atoms with E-state index in [1.54, 1.807) is 0 Å². The van der Waals surface area contributed by atoms with Gasteiger partial charge in [-0.05, 0) is 57.2 Å². The maximum atomic E-state index is 6.03. The summed E-state index contributed by atoms with van der Waals surface area (Å²) >= 11 is -2.46. The summed E-state index contributed by atoms with van der Waals surface area (Å²) in [7, 11) is 0. The molecule has 0 aromatic heterocycles. The molecule has 126 valence electrons. The zero-order valence-corrected chi connectivity index (χ0v) is 15.9. The SMILES string of the molecule is Cc1ccc([O][Al]([O]c2ccc(C)cc2)[O]c2ccc(C)cc2)cc1. The van der Waals surface area contributed by atoms with E-state index in [2.05, 4.69) is 0 Å². The summed E-state index contributed by atoms with van der Waals surface area (Å²) in [4.78, 5) is 0. The van der Waals surface area contributed by atoms with Gasteiger partial charge in [-0.15, -0.1) is 0 Å². The van der Waals surface area contributed by atoms with Crippen LogP contribution in [0.4, 0.5) is 0 Å². The zero-order valence-electron chi connectivity index (χ0n) is 14.7. The third-order valence-electron chi connectivity index (χ3n) is 3.76. The van der Waals surface area contributed by atoms with E-state index in [9.17, 15) is 0 Å². The molecule has 0 atom stereocenters. The van der Waals surface area contributed by atoms with Gasteiger partial charge in [-0.1, -0.05) is 53.1 Å². The summed E-state index contributed by atoms with van der Waals surface area (Å²) in [6.45, 7) is 6.14. The maximum absolute atomic E-state index is 6.03. The minimum absolute atomic E-state index is 0.751. The molecule has 0 unspecified atom stereocenters. The van der Waals surface area contributed by atoms with Crippen molar-refractivity contribution in [3.8, 4) is 17.2 Å². The van der Waals surface area contributed by atoms with Gasteiger partial charge >= 0.3 is 15.1 Å². The Hall–Kier alpha value is -2.41. The van der Waals surface area contributed by atoms with Gasteiger partial charge in [-0.25, -0.2) is 0 Å². The quantitative estimate of drug-likeness (QED) is 0.578. The van der Waals surface area contributed by atoms with Crippen LogP contribution in [0.2, 0.25) is 0 Å². The number of benzene rings is 3. The predicted molar refractivity (Wildman–Crippen MR) is 101 cm³/mol. The van der Waals surface area contributed by atoms with Crippen LogP contribution < -0.4 is 11.4 Å². The van der Waals surface area contributed by atoms with Gasteiger partial charge in [-0.2, -0.15) is 0 Å². The summed E-state index contributed by atoms with van der Waals surface area (Å²) in [6.07, 6.45) is 0. The van der Waals surface area contributed by atoms with Crippen LogP contribution in [0.3, 0.4) is 0 Å². The molecule has 3 rings (SSSR count). The first-order valence-electron chi connectivity index (χ1n) is 8.28. The van der Waals surface area contributed by atoms with E-state index in [1.807, 2.05) is 93.6 Å². The van der Waals surface area contributed by atoms with Crippen LogP contribution in [-0.4, -0.2) is 15.1 Å². The van der Waals surface area contributed by atoms with Crippen molar-refractivity contribution in [2.75, 3.05) is 0 Å². The lowest BCUT2D eigenvalue weighted by Gasteiger charge is -2.17. The zero-order chi connectivity index (χ0) is 17.6. The molecule has 0 spiro atoms. The molecule has 0 heterocycles. The van der Waals surface area contributed by atoms with Crippen molar-refractivity contribution in [1.82, 2.24) is 0 Å². The van der Waals surface area contributed by atoms with Crippen LogP contribution in [0.1, 0.15) is 16.7 Å². The number of hydrogen-bond acceptors (Lipinski definition) is 3. The lowest BCUT2D eigenvalue weighted by molar-refractivity contribution is 0.307. The molecule has 0 fully saturated rings. The second-order valence-corrected chi connectivity index (χ2v) is 7.37. The molecular weight excluding hydrogens is 327 g/mol. The highest BCUT2D eigenvalue weighted by atomic mass is 27.3. The minimum atomic E-state index is -2.46. The summed E-state index contributed by atoms with van der Waals surface area (Å²) in [6, 6.07) is 23.7. The van der Waals surface area contributed by atoms with Gasteiger partial charge in [0.2, 0.25) is 0 Å². The smallest absolute Gasteiger partial charge is 0.577 e. The van der Waals surface area contributed by atoms with Crippen molar-refractivity contribution >= 4 is 15.1 Å². The van der Waals surface area contributed by atoms with Crippen molar-refractivity contribution in [2.24, 2.45) is 0 Å². The molecule has 0 radical (unpaired) electrons. The van der Waals surface area contributed by atoms with Crippen molar-refractivity contribution in [3.63, 3.8) is 0 Å². The van der Waals surface area contributed by atoms with Gasteiger partial charge in [-0.3, -0.25) is 0 Å². The molecule has 0 aliphatic heterocycles. The lowest BCUT2D eigenvalue weighted by Crippen LogP contribution is -2.36. The van der Waals surface area contributed by atoms with E-state index in [1.165, 1.54) is 16.7 Å². The van der Waals surface area contributed by atoms with Crippen LogP contribution in [0.25, 0.3) is 0 Å². The fourth-order valence-electron chi connectivity index (χ4n) is 2.26. The monoisotopic (exact) mass is 348 g/mol. The fraction of sp³-hybridized carbons (Fsp3) is 0.143. The van der Waals surface area contributed by atoms with Crippen molar-refractivity contribution in [1.29, 1.82) is 0 Å². The van der Waals surface area contributed by atoms with Crippen LogP contribution in [0.15, 0.2) is 72.8 Å². The molecule has 0 aliphatic carbocycles. The third-order valence-corrected chi connectivity index (χ3v) is 5.15. The first-order valence-corrected chi connectivity index (χ1v) is 9.70. The average molecular weight is 348 g/mol. The van der Waals surface area contributed by atoms with Gasteiger partial charge in [0.15, 0.2) is 0 Å². The van der Waals surface area contributed by atoms with Gasteiger partial charge < -0.3 is 11.4 Å². The number of rotatable bonds is 6. The summed E-state index contributed by atoms with van der Waals surface area (Å²) in [5.74, 6) is 2.25.